The molecule has 1 saturated heterocycles. The van der Waals surface area contributed by atoms with Crippen LogP contribution < -0.4 is 10.6 Å². The summed E-state index contributed by atoms with van der Waals surface area (Å²) in [5.41, 5.74) is 3.68. The molecular formula is C25H23ClN2O2. The van der Waals surface area contributed by atoms with Gasteiger partial charge in [-0.25, -0.2) is 0 Å². The van der Waals surface area contributed by atoms with Gasteiger partial charge in [0.05, 0.1) is 0 Å². The average molecular weight is 419 g/mol. The summed E-state index contributed by atoms with van der Waals surface area (Å²) in [4.78, 5) is 25.2. The number of nitrogens with one attached hydrogen (secondary N) is 2. The SMILES string of the molecule is O=C(Nc1ccc(C(=O)C2CCCNC2)cc1)c1ccc(-c2ccccc2)c(Cl)c1. The maximum absolute atomic E-state index is 12.6. The molecule has 4 nitrogen and oxygen atoms in total. The minimum Gasteiger partial charge on any atom is -0.322 e. The number of benzene rings is 3. The Bertz CT molecular complexity index is 1040. The molecule has 1 unspecified atom stereocenters. The second-order valence-electron chi connectivity index (χ2n) is 7.50. The van der Waals surface area contributed by atoms with Gasteiger partial charge in [0.25, 0.3) is 5.91 Å². The first-order valence-electron chi connectivity index (χ1n) is 10.1. The molecule has 0 radical (unpaired) electrons. The van der Waals surface area contributed by atoms with Gasteiger partial charge in [0.15, 0.2) is 5.78 Å². The highest BCUT2D eigenvalue weighted by molar-refractivity contribution is 6.33. The van der Waals surface area contributed by atoms with E-state index in [0.717, 1.165) is 37.1 Å². The summed E-state index contributed by atoms with van der Waals surface area (Å²) in [5, 5.41) is 6.66. The van der Waals surface area contributed by atoms with E-state index in [2.05, 4.69) is 10.6 Å². The Balaban J connectivity index is 1.43. The fourth-order valence-electron chi connectivity index (χ4n) is 3.74. The van der Waals surface area contributed by atoms with Gasteiger partial charge in [-0.1, -0.05) is 48.0 Å². The van der Waals surface area contributed by atoms with Gasteiger partial charge in [-0.2, -0.15) is 0 Å². The van der Waals surface area contributed by atoms with Crippen LogP contribution in [0.3, 0.4) is 0 Å². The zero-order valence-electron chi connectivity index (χ0n) is 16.5. The van der Waals surface area contributed by atoms with Gasteiger partial charge >= 0.3 is 0 Å². The van der Waals surface area contributed by atoms with Crippen LogP contribution >= 0.6 is 11.6 Å². The summed E-state index contributed by atoms with van der Waals surface area (Å²) in [5.74, 6) is -0.0557. The minimum absolute atomic E-state index is 0.0319. The van der Waals surface area contributed by atoms with Crippen molar-refractivity contribution in [2.75, 3.05) is 18.4 Å². The smallest absolute Gasteiger partial charge is 0.255 e. The number of anilines is 1. The molecule has 5 heteroatoms. The Labute approximate surface area is 181 Å². The predicted octanol–water partition coefficient (Wildman–Crippen LogP) is 5.44. The molecule has 1 atom stereocenters. The Morgan fingerprint density at radius 3 is 2.33 bits per heavy atom. The zero-order valence-corrected chi connectivity index (χ0v) is 17.3. The van der Waals surface area contributed by atoms with Crippen LogP contribution in [0.2, 0.25) is 5.02 Å². The molecular weight excluding hydrogens is 396 g/mol. The maximum Gasteiger partial charge on any atom is 0.255 e. The van der Waals surface area contributed by atoms with Gasteiger partial charge < -0.3 is 10.6 Å². The van der Waals surface area contributed by atoms with Crippen molar-refractivity contribution < 1.29 is 9.59 Å². The molecule has 1 fully saturated rings. The number of carbonyl (C=O) groups is 2. The van der Waals surface area contributed by atoms with Crippen molar-refractivity contribution >= 4 is 29.0 Å². The average Bonchev–Trinajstić information content (AvgIpc) is 2.80. The van der Waals surface area contributed by atoms with Gasteiger partial charge in [0.1, 0.15) is 0 Å². The highest BCUT2D eigenvalue weighted by Gasteiger charge is 2.22. The third kappa shape index (κ3) is 4.61. The van der Waals surface area contributed by atoms with Crippen molar-refractivity contribution in [3.05, 3.63) is 88.9 Å². The van der Waals surface area contributed by atoms with Gasteiger partial charge in [0.2, 0.25) is 0 Å². The third-order valence-electron chi connectivity index (χ3n) is 5.41. The molecule has 0 spiro atoms. The van der Waals surface area contributed by atoms with Crippen molar-refractivity contribution in [1.82, 2.24) is 5.32 Å². The van der Waals surface area contributed by atoms with Crippen LogP contribution in [0, 0.1) is 5.92 Å². The van der Waals surface area contributed by atoms with E-state index in [4.69, 9.17) is 11.6 Å². The monoisotopic (exact) mass is 418 g/mol. The quantitative estimate of drug-likeness (QED) is 0.542. The van der Waals surface area contributed by atoms with Crippen LogP contribution in [0.5, 0.6) is 0 Å². The molecule has 0 aliphatic carbocycles. The fraction of sp³-hybridized carbons (Fsp3) is 0.200. The largest absolute Gasteiger partial charge is 0.322 e. The third-order valence-corrected chi connectivity index (χ3v) is 5.72. The molecule has 1 aliphatic rings. The molecule has 3 aromatic carbocycles. The second kappa shape index (κ2) is 9.24. The first kappa shape index (κ1) is 20.3. The van der Waals surface area contributed by atoms with Crippen LogP contribution in [-0.4, -0.2) is 24.8 Å². The number of hydrogen-bond donors (Lipinski definition) is 2. The minimum atomic E-state index is -0.243. The number of ketones is 1. The van der Waals surface area contributed by atoms with E-state index >= 15 is 0 Å². The second-order valence-corrected chi connectivity index (χ2v) is 7.91. The van der Waals surface area contributed by atoms with Crippen LogP contribution in [-0.2, 0) is 0 Å². The molecule has 0 aromatic heterocycles. The number of amides is 1. The fourth-order valence-corrected chi connectivity index (χ4v) is 4.03. The van der Waals surface area contributed by atoms with Crippen LogP contribution in [0.1, 0.15) is 33.6 Å². The Kier molecular flexibility index (Phi) is 6.26. The summed E-state index contributed by atoms with van der Waals surface area (Å²) >= 11 is 6.42. The molecule has 1 heterocycles. The first-order valence-corrected chi connectivity index (χ1v) is 10.5. The molecule has 1 aliphatic heterocycles. The van der Waals surface area contributed by atoms with Crippen molar-refractivity contribution in [1.29, 1.82) is 0 Å². The van der Waals surface area contributed by atoms with Crippen LogP contribution in [0.4, 0.5) is 5.69 Å². The van der Waals surface area contributed by atoms with E-state index < -0.39 is 0 Å². The number of rotatable bonds is 5. The van der Waals surface area contributed by atoms with Gasteiger partial charge in [0, 0.05) is 39.9 Å². The van der Waals surface area contributed by atoms with E-state index in [0.29, 0.717) is 21.8 Å². The summed E-state index contributed by atoms with van der Waals surface area (Å²) in [6, 6.07) is 22.2. The molecule has 30 heavy (non-hydrogen) atoms. The van der Waals surface area contributed by atoms with Crippen molar-refractivity contribution in [2.24, 2.45) is 5.92 Å². The van der Waals surface area contributed by atoms with E-state index in [1.807, 2.05) is 36.4 Å². The Morgan fingerprint density at radius 1 is 0.933 bits per heavy atom. The molecule has 152 valence electrons. The lowest BCUT2D eigenvalue weighted by Crippen LogP contribution is -2.34. The van der Waals surface area contributed by atoms with E-state index in [-0.39, 0.29) is 17.6 Å². The normalized spacial score (nSPS) is 16.1. The first-order chi connectivity index (χ1) is 14.6. The van der Waals surface area contributed by atoms with Crippen molar-refractivity contribution in [2.45, 2.75) is 12.8 Å². The summed E-state index contributed by atoms with van der Waals surface area (Å²) < 4.78 is 0. The van der Waals surface area contributed by atoms with Crippen molar-refractivity contribution in [3.8, 4) is 11.1 Å². The predicted molar refractivity (Wildman–Crippen MR) is 121 cm³/mol. The highest BCUT2D eigenvalue weighted by Crippen LogP contribution is 2.29. The van der Waals surface area contributed by atoms with E-state index in [9.17, 15) is 9.59 Å². The highest BCUT2D eigenvalue weighted by atomic mass is 35.5. The van der Waals surface area contributed by atoms with Gasteiger partial charge in [-0.15, -0.1) is 0 Å². The molecule has 0 bridgehead atoms. The van der Waals surface area contributed by atoms with Crippen LogP contribution in [0.15, 0.2) is 72.8 Å². The van der Waals surface area contributed by atoms with E-state index in [1.54, 1.807) is 36.4 Å². The maximum atomic E-state index is 12.6. The molecule has 1 amide bonds. The zero-order chi connectivity index (χ0) is 20.9. The molecule has 2 N–H and O–H groups in total. The topological polar surface area (TPSA) is 58.2 Å². The summed E-state index contributed by atoms with van der Waals surface area (Å²) in [7, 11) is 0. The Hall–Kier alpha value is -2.95. The van der Waals surface area contributed by atoms with E-state index in [1.165, 1.54) is 0 Å². The Morgan fingerprint density at radius 2 is 1.67 bits per heavy atom. The molecule has 0 saturated carbocycles. The lowest BCUT2D eigenvalue weighted by Gasteiger charge is -2.21. The number of halogens is 1. The van der Waals surface area contributed by atoms with Gasteiger partial charge in [-0.05, 0) is 61.3 Å². The summed E-state index contributed by atoms with van der Waals surface area (Å²) in [6.45, 7) is 1.71. The standard InChI is InChI=1S/C25H23ClN2O2/c26-23-15-19(10-13-22(23)17-5-2-1-3-6-17)25(30)28-21-11-8-18(9-12-21)24(29)20-7-4-14-27-16-20/h1-3,5-6,8-13,15,20,27H,4,7,14,16H2,(H,28,30). The molecule has 4 rings (SSSR count). The number of Topliss-reactive ketones (excluding diaryl/α,β-unsaturated/α-hetero) is 1. The number of carbonyl (C=O) groups excluding carboxylic acids is 2. The molecule has 3 aromatic rings. The number of piperidine rings is 1. The lowest BCUT2D eigenvalue weighted by molar-refractivity contribution is 0.0899. The van der Waals surface area contributed by atoms with Crippen molar-refractivity contribution in [3.63, 3.8) is 0 Å². The lowest BCUT2D eigenvalue weighted by atomic mass is 9.91. The number of hydrogen-bond acceptors (Lipinski definition) is 3. The van der Waals surface area contributed by atoms with Crippen LogP contribution in [0.25, 0.3) is 11.1 Å². The van der Waals surface area contributed by atoms with Gasteiger partial charge in [-0.3, -0.25) is 9.59 Å². The summed E-state index contributed by atoms with van der Waals surface area (Å²) in [6.07, 6.45) is 1.94.